The maximum Gasteiger partial charge on any atom is 0.306 e. The molecule has 0 bridgehead atoms. The zero-order chi connectivity index (χ0) is 52.2. The van der Waals surface area contributed by atoms with Gasteiger partial charge in [-0.1, -0.05) is 281 Å². The Morgan fingerprint density at radius 2 is 0.500 bits per heavy atom. The second kappa shape index (κ2) is 60.9. The Balaban J connectivity index is 4.34. The Bertz CT molecular complexity index is 1250. The largest absolute Gasteiger partial charge is 0.462 e. The highest BCUT2D eigenvalue weighted by atomic mass is 16.6. The van der Waals surface area contributed by atoms with Crippen LogP contribution in [0.2, 0.25) is 0 Å². The van der Waals surface area contributed by atoms with Crippen molar-refractivity contribution < 1.29 is 28.6 Å². The monoisotopic (exact) mass is 1010 g/mol. The van der Waals surface area contributed by atoms with Crippen LogP contribution in [0.3, 0.4) is 0 Å². The quantitative estimate of drug-likeness (QED) is 0.0261. The number of unbranched alkanes of at least 4 members (excludes halogenated alkanes) is 39. The molecule has 6 nitrogen and oxygen atoms in total. The second-order valence-corrected chi connectivity index (χ2v) is 21.3. The zero-order valence-electron chi connectivity index (χ0n) is 48.2. The van der Waals surface area contributed by atoms with Crippen LogP contribution >= 0.6 is 0 Å². The van der Waals surface area contributed by atoms with Crippen molar-refractivity contribution in [3.05, 3.63) is 48.6 Å². The molecule has 0 aromatic heterocycles. The van der Waals surface area contributed by atoms with Crippen molar-refractivity contribution >= 4 is 17.9 Å². The highest BCUT2D eigenvalue weighted by Gasteiger charge is 2.19. The van der Waals surface area contributed by atoms with E-state index in [4.69, 9.17) is 14.2 Å². The molecule has 0 fully saturated rings. The first-order valence-corrected chi connectivity index (χ1v) is 31.6. The molecule has 1 unspecified atom stereocenters. The summed E-state index contributed by atoms with van der Waals surface area (Å²) in [5, 5.41) is 0. The number of carbonyl (C=O) groups is 3. The minimum absolute atomic E-state index is 0.0776. The number of allylic oxidation sites excluding steroid dienone is 8. The van der Waals surface area contributed by atoms with Crippen molar-refractivity contribution in [1.29, 1.82) is 0 Å². The third-order valence-corrected chi connectivity index (χ3v) is 14.1. The average Bonchev–Trinajstić information content (AvgIpc) is 3.38. The Kier molecular flexibility index (Phi) is 58.7. The molecule has 420 valence electrons. The van der Waals surface area contributed by atoms with E-state index < -0.39 is 6.10 Å². The summed E-state index contributed by atoms with van der Waals surface area (Å²) in [5.74, 6) is -0.880. The number of hydrogen-bond acceptors (Lipinski definition) is 6. The first-order chi connectivity index (χ1) is 35.5. The third-order valence-electron chi connectivity index (χ3n) is 14.1. The van der Waals surface area contributed by atoms with Crippen LogP contribution in [0.15, 0.2) is 48.6 Å². The third kappa shape index (κ3) is 58.3. The number of esters is 3. The van der Waals surface area contributed by atoms with Crippen molar-refractivity contribution in [1.82, 2.24) is 0 Å². The predicted molar refractivity (Wildman–Crippen MR) is 312 cm³/mol. The molecule has 72 heavy (non-hydrogen) atoms. The van der Waals surface area contributed by atoms with Gasteiger partial charge in [0.2, 0.25) is 0 Å². The summed E-state index contributed by atoms with van der Waals surface area (Å²) in [5.41, 5.74) is 0. The van der Waals surface area contributed by atoms with E-state index in [1.807, 2.05) is 0 Å². The van der Waals surface area contributed by atoms with E-state index in [0.29, 0.717) is 19.3 Å². The summed E-state index contributed by atoms with van der Waals surface area (Å²) in [7, 11) is 0. The van der Waals surface area contributed by atoms with Gasteiger partial charge in [0.05, 0.1) is 0 Å². The van der Waals surface area contributed by atoms with Gasteiger partial charge in [-0.3, -0.25) is 14.4 Å². The topological polar surface area (TPSA) is 78.9 Å². The summed E-state index contributed by atoms with van der Waals surface area (Å²) in [6.07, 6.45) is 75.4. The molecule has 0 aromatic carbocycles. The fourth-order valence-corrected chi connectivity index (χ4v) is 9.27. The zero-order valence-corrected chi connectivity index (χ0v) is 48.2. The molecule has 0 aliphatic rings. The molecule has 0 saturated carbocycles. The van der Waals surface area contributed by atoms with Gasteiger partial charge in [-0.05, 0) is 83.5 Å². The van der Waals surface area contributed by atoms with Crippen LogP contribution < -0.4 is 0 Å². The van der Waals surface area contributed by atoms with Crippen LogP contribution in [0.1, 0.15) is 335 Å². The van der Waals surface area contributed by atoms with Gasteiger partial charge >= 0.3 is 17.9 Å². The van der Waals surface area contributed by atoms with Gasteiger partial charge in [0.15, 0.2) is 6.10 Å². The van der Waals surface area contributed by atoms with Gasteiger partial charge < -0.3 is 14.2 Å². The summed E-state index contributed by atoms with van der Waals surface area (Å²) < 4.78 is 16.9. The summed E-state index contributed by atoms with van der Waals surface area (Å²) >= 11 is 0. The molecule has 0 aromatic rings. The van der Waals surface area contributed by atoms with Gasteiger partial charge in [-0.15, -0.1) is 0 Å². The van der Waals surface area contributed by atoms with Crippen LogP contribution in [0, 0.1) is 0 Å². The van der Waals surface area contributed by atoms with Gasteiger partial charge in [-0.25, -0.2) is 0 Å². The minimum Gasteiger partial charge on any atom is -0.462 e. The molecule has 0 aliphatic carbocycles. The molecule has 0 spiro atoms. The Morgan fingerprint density at radius 3 is 0.806 bits per heavy atom. The SMILES string of the molecule is CCCCC/C=C\C/C=C\CCCCCCCC(=O)OCC(COC(=O)CCCCCCCCCCCCCCCCCCCCCCC)OC(=O)CCCCCCCCC/C=C\C/C=C\CCCCCC. The van der Waals surface area contributed by atoms with Crippen molar-refractivity contribution in [2.24, 2.45) is 0 Å². The lowest BCUT2D eigenvalue weighted by molar-refractivity contribution is -0.167. The molecule has 0 amide bonds. The van der Waals surface area contributed by atoms with Gasteiger partial charge in [0, 0.05) is 19.3 Å². The van der Waals surface area contributed by atoms with Gasteiger partial charge in [0.25, 0.3) is 0 Å². The lowest BCUT2D eigenvalue weighted by atomic mass is 10.0. The average molecular weight is 1010 g/mol. The normalized spacial score (nSPS) is 12.3. The lowest BCUT2D eigenvalue weighted by Gasteiger charge is -2.18. The van der Waals surface area contributed by atoms with Crippen molar-refractivity contribution in [3.8, 4) is 0 Å². The standard InChI is InChI=1S/C66H120O6/c1-4-7-10-13-16-19-22-25-28-30-32-33-34-36-38-41-44-47-50-53-56-59-65(68)71-62-63(61-70-64(67)58-55-52-49-46-43-40-37-27-24-21-18-15-12-9-6-3)72-66(69)60-57-54-51-48-45-42-39-35-31-29-26-23-20-17-14-11-8-5-2/h18,20-21,23,27,29,31,37,63H,4-17,19,22,24-26,28,30,32-36,38-62H2,1-3H3/b21-18-,23-20-,31-29-,37-27-. The molecule has 1 atom stereocenters. The maximum atomic E-state index is 12.9. The van der Waals surface area contributed by atoms with Crippen LogP contribution in [0.5, 0.6) is 0 Å². The molecular weight excluding hydrogens is 889 g/mol. The van der Waals surface area contributed by atoms with E-state index in [2.05, 4.69) is 69.4 Å². The summed E-state index contributed by atoms with van der Waals surface area (Å²) in [6, 6.07) is 0. The van der Waals surface area contributed by atoms with E-state index in [9.17, 15) is 14.4 Å². The second-order valence-electron chi connectivity index (χ2n) is 21.3. The fraction of sp³-hybridized carbons (Fsp3) is 0.833. The molecule has 0 aliphatic heterocycles. The Hall–Kier alpha value is -2.63. The van der Waals surface area contributed by atoms with Gasteiger partial charge in [0.1, 0.15) is 13.2 Å². The van der Waals surface area contributed by atoms with Crippen LogP contribution in [0.25, 0.3) is 0 Å². The van der Waals surface area contributed by atoms with E-state index in [-0.39, 0.29) is 31.1 Å². The van der Waals surface area contributed by atoms with Crippen molar-refractivity contribution in [3.63, 3.8) is 0 Å². The van der Waals surface area contributed by atoms with E-state index >= 15 is 0 Å². The maximum absolute atomic E-state index is 12.9. The summed E-state index contributed by atoms with van der Waals surface area (Å²) in [6.45, 7) is 6.63. The van der Waals surface area contributed by atoms with Crippen LogP contribution in [-0.4, -0.2) is 37.2 Å². The number of hydrogen-bond donors (Lipinski definition) is 0. The Morgan fingerprint density at radius 1 is 0.278 bits per heavy atom. The number of ether oxygens (including phenoxy) is 3. The van der Waals surface area contributed by atoms with E-state index in [1.54, 1.807) is 0 Å². The number of carbonyl (C=O) groups excluding carboxylic acids is 3. The van der Waals surface area contributed by atoms with Crippen LogP contribution in [0.4, 0.5) is 0 Å². The smallest absolute Gasteiger partial charge is 0.306 e. The first-order valence-electron chi connectivity index (χ1n) is 31.6. The predicted octanol–water partition coefficient (Wildman–Crippen LogP) is 21.4. The molecular formula is C66H120O6. The highest BCUT2D eigenvalue weighted by molar-refractivity contribution is 5.71. The molecule has 0 heterocycles. The van der Waals surface area contributed by atoms with Crippen molar-refractivity contribution in [2.75, 3.05) is 13.2 Å². The molecule has 0 saturated heterocycles. The molecule has 6 heteroatoms. The fourth-order valence-electron chi connectivity index (χ4n) is 9.27. The summed E-state index contributed by atoms with van der Waals surface area (Å²) in [4.78, 5) is 38.3. The Labute approximate surface area is 448 Å². The van der Waals surface area contributed by atoms with Crippen molar-refractivity contribution in [2.45, 2.75) is 341 Å². The molecule has 0 rings (SSSR count). The van der Waals surface area contributed by atoms with Gasteiger partial charge in [-0.2, -0.15) is 0 Å². The first kappa shape index (κ1) is 69.4. The molecule has 0 N–H and O–H groups in total. The number of rotatable bonds is 58. The molecule has 0 radical (unpaired) electrons. The van der Waals surface area contributed by atoms with Crippen LogP contribution in [-0.2, 0) is 28.6 Å². The highest BCUT2D eigenvalue weighted by Crippen LogP contribution is 2.17. The van der Waals surface area contributed by atoms with E-state index in [1.165, 1.54) is 205 Å². The lowest BCUT2D eigenvalue weighted by Crippen LogP contribution is -2.30. The minimum atomic E-state index is -0.782. The van der Waals surface area contributed by atoms with E-state index in [0.717, 1.165) is 89.9 Å².